The first-order valence-corrected chi connectivity index (χ1v) is 8.02. The topological polar surface area (TPSA) is 79.3 Å². The predicted octanol–water partition coefficient (Wildman–Crippen LogP) is 3.85. The van der Waals surface area contributed by atoms with E-state index >= 15 is 0 Å². The van der Waals surface area contributed by atoms with Gasteiger partial charge in [0, 0.05) is 23.4 Å². The van der Waals surface area contributed by atoms with Crippen molar-refractivity contribution in [1.82, 2.24) is 4.98 Å². The van der Waals surface area contributed by atoms with E-state index in [-0.39, 0.29) is 0 Å². The van der Waals surface area contributed by atoms with E-state index < -0.39 is 11.9 Å². The Morgan fingerprint density at radius 1 is 1.12 bits per heavy atom. The summed E-state index contributed by atoms with van der Waals surface area (Å²) >= 11 is 1.62. The normalized spacial score (nSPS) is 11.0. The molecule has 24 heavy (non-hydrogen) atoms. The number of hydrogen-bond donors (Lipinski definition) is 2. The SMILES string of the molecule is Cc1ccc2sc(-c3ccc(NC(=O)/C=C/C(=O)O)cc3)nc2c1. The summed E-state index contributed by atoms with van der Waals surface area (Å²) in [6, 6.07) is 13.5. The van der Waals surface area contributed by atoms with Crippen molar-refractivity contribution in [2.75, 3.05) is 5.32 Å². The van der Waals surface area contributed by atoms with Crippen LogP contribution in [0.25, 0.3) is 20.8 Å². The lowest BCUT2D eigenvalue weighted by Gasteiger charge is -2.02. The van der Waals surface area contributed by atoms with E-state index in [0.29, 0.717) is 5.69 Å². The summed E-state index contributed by atoms with van der Waals surface area (Å²) in [5, 5.41) is 12.0. The van der Waals surface area contributed by atoms with Crippen LogP contribution in [0.2, 0.25) is 0 Å². The van der Waals surface area contributed by atoms with Crippen LogP contribution in [0, 0.1) is 6.92 Å². The molecule has 2 N–H and O–H groups in total. The van der Waals surface area contributed by atoms with Crippen LogP contribution in [0.5, 0.6) is 0 Å². The number of amides is 1. The second-order valence-electron chi connectivity index (χ2n) is 5.23. The summed E-state index contributed by atoms with van der Waals surface area (Å²) in [7, 11) is 0. The van der Waals surface area contributed by atoms with Crippen molar-refractivity contribution in [3.05, 3.63) is 60.2 Å². The van der Waals surface area contributed by atoms with E-state index in [4.69, 9.17) is 5.11 Å². The van der Waals surface area contributed by atoms with Crippen LogP contribution in [0.4, 0.5) is 5.69 Å². The Balaban J connectivity index is 1.78. The third-order valence-electron chi connectivity index (χ3n) is 3.32. The van der Waals surface area contributed by atoms with Gasteiger partial charge in [0.2, 0.25) is 5.91 Å². The zero-order chi connectivity index (χ0) is 17.1. The zero-order valence-electron chi connectivity index (χ0n) is 12.8. The number of benzene rings is 2. The highest BCUT2D eigenvalue weighted by atomic mass is 32.1. The molecule has 0 aliphatic heterocycles. The van der Waals surface area contributed by atoms with Crippen molar-refractivity contribution in [3.8, 4) is 10.6 Å². The van der Waals surface area contributed by atoms with Crippen LogP contribution in [0.1, 0.15) is 5.56 Å². The maximum atomic E-state index is 11.5. The largest absolute Gasteiger partial charge is 0.478 e. The van der Waals surface area contributed by atoms with Gasteiger partial charge in [-0.1, -0.05) is 6.07 Å². The van der Waals surface area contributed by atoms with Gasteiger partial charge < -0.3 is 10.4 Å². The summed E-state index contributed by atoms with van der Waals surface area (Å²) in [6.45, 7) is 2.04. The van der Waals surface area contributed by atoms with E-state index in [1.54, 1.807) is 23.5 Å². The van der Waals surface area contributed by atoms with Gasteiger partial charge in [-0.3, -0.25) is 4.79 Å². The molecule has 0 aliphatic carbocycles. The van der Waals surface area contributed by atoms with E-state index in [1.165, 1.54) is 5.56 Å². The number of nitrogens with zero attached hydrogens (tertiary/aromatic N) is 1. The molecule has 6 heteroatoms. The average molecular weight is 338 g/mol. The highest BCUT2D eigenvalue weighted by Gasteiger charge is 2.07. The van der Waals surface area contributed by atoms with Crippen molar-refractivity contribution in [2.24, 2.45) is 0 Å². The van der Waals surface area contributed by atoms with Gasteiger partial charge in [-0.05, 0) is 48.9 Å². The number of anilines is 1. The van der Waals surface area contributed by atoms with Crippen molar-refractivity contribution in [1.29, 1.82) is 0 Å². The number of hydrogen-bond acceptors (Lipinski definition) is 4. The number of rotatable bonds is 4. The molecule has 3 rings (SSSR count). The lowest BCUT2D eigenvalue weighted by molar-refractivity contribution is -0.131. The van der Waals surface area contributed by atoms with Gasteiger partial charge in [0.05, 0.1) is 10.2 Å². The van der Waals surface area contributed by atoms with Gasteiger partial charge >= 0.3 is 5.97 Å². The Morgan fingerprint density at radius 2 is 1.88 bits per heavy atom. The van der Waals surface area contributed by atoms with E-state index in [0.717, 1.165) is 32.9 Å². The Hall–Kier alpha value is -2.99. The standard InChI is InChI=1S/C18H14N2O3S/c1-11-2-7-15-14(10-11)20-18(24-15)12-3-5-13(6-4-12)19-16(21)8-9-17(22)23/h2-10H,1H3,(H,19,21)(H,22,23)/b9-8+. The number of carbonyl (C=O) groups excluding carboxylic acids is 1. The molecule has 0 atom stereocenters. The number of aryl methyl sites for hydroxylation is 1. The van der Waals surface area contributed by atoms with Crippen molar-refractivity contribution >= 4 is 39.1 Å². The zero-order valence-corrected chi connectivity index (χ0v) is 13.6. The molecular formula is C18H14N2O3S. The number of carboxylic acid groups (broad SMARTS) is 1. The molecule has 0 bridgehead atoms. The number of aromatic nitrogens is 1. The minimum absolute atomic E-state index is 0.486. The lowest BCUT2D eigenvalue weighted by atomic mass is 10.2. The van der Waals surface area contributed by atoms with Crippen LogP contribution in [-0.2, 0) is 9.59 Å². The second kappa shape index (κ2) is 6.64. The molecule has 1 amide bonds. The highest BCUT2D eigenvalue weighted by Crippen LogP contribution is 2.31. The van der Waals surface area contributed by atoms with E-state index in [1.807, 2.05) is 19.1 Å². The first-order valence-electron chi connectivity index (χ1n) is 7.21. The van der Waals surface area contributed by atoms with Crippen molar-refractivity contribution < 1.29 is 14.7 Å². The number of carbonyl (C=O) groups is 2. The molecule has 1 heterocycles. The lowest BCUT2D eigenvalue weighted by Crippen LogP contribution is -2.08. The van der Waals surface area contributed by atoms with Gasteiger partial charge in [0.1, 0.15) is 5.01 Å². The third-order valence-corrected chi connectivity index (χ3v) is 4.41. The third kappa shape index (κ3) is 3.67. The summed E-state index contributed by atoms with van der Waals surface area (Å²) in [5.74, 6) is -1.65. The van der Waals surface area contributed by atoms with E-state index in [2.05, 4.69) is 28.5 Å². The molecular weight excluding hydrogens is 324 g/mol. The van der Waals surface area contributed by atoms with Gasteiger partial charge in [-0.2, -0.15) is 0 Å². The molecule has 0 fully saturated rings. The predicted molar refractivity (Wildman–Crippen MR) is 95.2 cm³/mol. The molecule has 0 spiro atoms. The van der Waals surface area contributed by atoms with Crippen LogP contribution in [0.3, 0.4) is 0 Å². The Labute approximate surface area is 142 Å². The van der Waals surface area contributed by atoms with Crippen LogP contribution < -0.4 is 5.32 Å². The highest BCUT2D eigenvalue weighted by molar-refractivity contribution is 7.21. The van der Waals surface area contributed by atoms with E-state index in [9.17, 15) is 9.59 Å². The van der Waals surface area contributed by atoms with Crippen LogP contribution >= 0.6 is 11.3 Å². The van der Waals surface area contributed by atoms with Gasteiger partial charge in [-0.15, -0.1) is 11.3 Å². The fourth-order valence-electron chi connectivity index (χ4n) is 2.19. The molecule has 120 valence electrons. The fourth-order valence-corrected chi connectivity index (χ4v) is 3.14. The average Bonchev–Trinajstić information content (AvgIpc) is 2.96. The first kappa shape index (κ1) is 15.9. The molecule has 0 saturated carbocycles. The minimum atomic E-state index is -1.16. The second-order valence-corrected chi connectivity index (χ2v) is 6.26. The maximum absolute atomic E-state index is 11.5. The summed E-state index contributed by atoms with van der Waals surface area (Å²) in [6.07, 6.45) is 1.78. The van der Waals surface area contributed by atoms with Gasteiger partial charge in [-0.25, -0.2) is 9.78 Å². The minimum Gasteiger partial charge on any atom is -0.478 e. The monoisotopic (exact) mass is 338 g/mol. The molecule has 2 aromatic carbocycles. The number of carboxylic acids is 1. The van der Waals surface area contributed by atoms with Crippen LogP contribution in [-0.4, -0.2) is 22.0 Å². The molecule has 0 unspecified atom stereocenters. The summed E-state index contributed by atoms with van der Waals surface area (Å²) in [4.78, 5) is 26.6. The first-order chi connectivity index (χ1) is 11.5. The summed E-state index contributed by atoms with van der Waals surface area (Å²) in [5.41, 5.74) is 3.71. The molecule has 3 aromatic rings. The molecule has 0 radical (unpaired) electrons. The number of fused-ring (bicyclic) bond motifs is 1. The number of aliphatic carboxylic acids is 1. The summed E-state index contributed by atoms with van der Waals surface area (Å²) < 4.78 is 1.13. The maximum Gasteiger partial charge on any atom is 0.328 e. The fraction of sp³-hybridized carbons (Fsp3) is 0.0556. The molecule has 0 saturated heterocycles. The van der Waals surface area contributed by atoms with Gasteiger partial charge in [0.15, 0.2) is 0 Å². The molecule has 5 nitrogen and oxygen atoms in total. The van der Waals surface area contributed by atoms with Crippen molar-refractivity contribution in [3.63, 3.8) is 0 Å². The Bertz CT molecular complexity index is 943. The molecule has 1 aromatic heterocycles. The van der Waals surface area contributed by atoms with Crippen LogP contribution in [0.15, 0.2) is 54.6 Å². The quantitative estimate of drug-likeness (QED) is 0.708. The smallest absolute Gasteiger partial charge is 0.328 e. The Morgan fingerprint density at radius 3 is 2.58 bits per heavy atom. The number of nitrogens with one attached hydrogen (secondary N) is 1. The molecule has 0 aliphatic rings. The number of thiazole rings is 1. The Kier molecular flexibility index (Phi) is 4.39. The van der Waals surface area contributed by atoms with Gasteiger partial charge in [0.25, 0.3) is 0 Å². The van der Waals surface area contributed by atoms with Crippen molar-refractivity contribution in [2.45, 2.75) is 6.92 Å².